The van der Waals surface area contributed by atoms with Crippen LogP contribution in [0.25, 0.3) is 22.4 Å². The van der Waals surface area contributed by atoms with E-state index >= 15 is 0 Å². The van der Waals surface area contributed by atoms with Crippen LogP contribution in [0.5, 0.6) is 0 Å². The Balaban J connectivity index is 1.80. The lowest BCUT2D eigenvalue weighted by atomic mass is 10.0. The molecule has 0 aliphatic carbocycles. The van der Waals surface area contributed by atoms with E-state index in [0.29, 0.717) is 11.3 Å². The van der Waals surface area contributed by atoms with Crippen LogP contribution in [-0.4, -0.2) is 40.1 Å². The smallest absolute Gasteiger partial charge is 0.264 e. The third-order valence-electron chi connectivity index (χ3n) is 5.17. The van der Waals surface area contributed by atoms with Crippen molar-refractivity contribution < 1.29 is 22.8 Å². The molecule has 0 radical (unpaired) electrons. The van der Waals surface area contributed by atoms with Gasteiger partial charge in [0, 0.05) is 30.6 Å². The zero-order chi connectivity index (χ0) is 21.9. The second kappa shape index (κ2) is 8.25. The van der Waals surface area contributed by atoms with Gasteiger partial charge in [0.25, 0.3) is 11.5 Å². The van der Waals surface area contributed by atoms with Crippen molar-refractivity contribution in [1.29, 1.82) is 0 Å². The van der Waals surface area contributed by atoms with Crippen LogP contribution >= 0.6 is 0 Å². The molecule has 1 unspecified atom stereocenters. The number of carbonyl (C=O) groups is 1. The Morgan fingerprint density at radius 3 is 2.40 bits per heavy atom. The van der Waals surface area contributed by atoms with Crippen LogP contribution in [0.3, 0.4) is 0 Å². The number of pyridine rings is 1. The van der Waals surface area contributed by atoms with Crippen LogP contribution in [0, 0.1) is 0 Å². The van der Waals surface area contributed by atoms with E-state index in [9.17, 15) is 18.0 Å². The lowest BCUT2D eigenvalue weighted by molar-refractivity contribution is -0.131. The summed E-state index contributed by atoms with van der Waals surface area (Å²) in [5.74, 6) is -1.04. The molecule has 158 valence electrons. The highest BCUT2D eigenvalue weighted by Gasteiger charge is 2.43. The predicted octanol–water partition coefficient (Wildman–Crippen LogP) is 1.87. The molecule has 9 nitrogen and oxygen atoms in total. The number of oxazole rings is 1. The summed E-state index contributed by atoms with van der Waals surface area (Å²) in [5.41, 5.74) is 4.16. The third kappa shape index (κ3) is 4.19. The summed E-state index contributed by atoms with van der Waals surface area (Å²) in [5, 5.41) is 8.89. The number of hydroxylamine groups is 1. The number of sulfone groups is 1. The van der Waals surface area contributed by atoms with Crippen molar-refractivity contribution >= 4 is 15.7 Å². The Morgan fingerprint density at radius 2 is 1.87 bits per heavy atom. The molecule has 2 heterocycles. The average Bonchev–Trinajstić information content (AvgIpc) is 3.26. The first-order valence-corrected chi connectivity index (χ1v) is 10.9. The minimum atomic E-state index is -3.83. The van der Waals surface area contributed by atoms with Crippen molar-refractivity contribution in [3.63, 3.8) is 0 Å². The lowest BCUT2D eigenvalue weighted by Crippen LogP contribution is -2.49. The van der Waals surface area contributed by atoms with Crippen molar-refractivity contribution in [2.24, 2.45) is 0 Å². The zero-order valence-electron chi connectivity index (χ0n) is 16.4. The molecule has 0 spiro atoms. The second-order valence-corrected chi connectivity index (χ2v) is 9.54. The SMILES string of the molecule is CC(CCn1ccc(-c2ccc(-c3cocn3)cc2)cc1=O)(C(=O)NO)S(C)(=O)=O. The van der Waals surface area contributed by atoms with Crippen LogP contribution < -0.4 is 11.0 Å². The van der Waals surface area contributed by atoms with Gasteiger partial charge in [-0.15, -0.1) is 0 Å². The van der Waals surface area contributed by atoms with Crippen LogP contribution in [0.2, 0.25) is 0 Å². The summed E-state index contributed by atoms with van der Waals surface area (Å²) in [6.07, 6.45) is 5.17. The molecule has 3 aromatic rings. The Bertz CT molecular complexity index is 1200. The lowest BCUT2D eigenvalue weighted by Gasteiger charge is -2.25. The number of aryl methyl sites for hydroxylation is 1. The molecule has 1 atom stereocenters. The molecule has 1 amide bonds. The van der Waals surface area contributed by atoms with Gasteiger partial charge in [0.05, 0.1) is 0 Å². The first-order chi connectivity index (χ1) is 14.2. The van der Waals surface area contributed by atoms with Gasteiger partial charge < -0.3 is 8.98 Å². The highest BCUT2D eigenvalue weighted by Crippen LogP contribution is 2.24. The fourth-order valence-corrected chi connectivity index (χ4v) is 3.82. The standard InChI is InChI=1S/C20H21N3O6S/c1-20(19(25)22-26,30(2,27)28)8-10-23-9-7-16(11-18(23)24)14-3-5-15(6-4-14)17-12-29-13-21-17/h3-7,9,11-13,26H,8,10H2,1-2H3,(H,22,25). The van der Waals surface area contributed by atoms with Gasteiger partial charge in [-0.3, -0.25) is 14.8 Å². The Morgan fingerprint density at radius 1 is 1.20 bits per heavy atom. The third-order valence-corrected chi connectivity index (χ3v) is 7.20. The maximum absolute atomic E-state index is 12.5. The van der Waals surface area contributed by atoms with Crippen LogP contribution in [0.1, 0.15) is 13.3 Å². The van der Waals surface area contributed by atoms with Gasteiger partial charge in [0.1, 0.15) is 12.0 Å². The largest absolute Gasteiger partial charge is 0.451 e. The van der Waals surface area contributed by atoms with E-state index in [1.807, 2.05) is 24.3 Å². The Hall–Kier alpha value is -3.24. The van der Waals surface area contributed by atoms with Crippen molar-refractivity contribution in [2.45, 2.75) is 24.6 Å². The molecule has 3 rings (SSSR count). The molecule has 0 saturated carbocycles. The second-order valence-electron chi connectivity index (χ2n) is 7.09. The van der Waals surface area contributed by atoms with Gasteiger partial charge in [0.2, 0.25) is 0 Å². The van der Waals surface area contributed by atoms with Gasteiger partial charge >= 0.3 is 0 Å². The van der Waals surface area contributed by atoms with E-state index in [0.717, 1.165) is 17.4 Å². The van der Waals surface area contributed by atoms with Gasteiger partial charge in [-0.2, -0.15) is 0 Å². The summed E-state index contributed by atoms with van der Waals surface area (Å²) in [6, 6.07) is 10.6. The summed E-state index contributed by atoms with van der Waals surface area (Å²) < 4.78 is 28.5. The van der Waals surface area contributed by atoms with Crippen molar-refractivity contribution in [2.75, 3.05) is 6.26 Å². The van der Waals surface area contributed by atoms with Crippen molar-refractivity contribution in [3.8, 4) is 22.4 Å². The number of hydrogen-bond donors (Lipinski definition) is 2. The number of amides is 1. The summed E-state index contributed by atoms with van der Waals surface area (Å²) in [4.78, 5) is 28.5. The molecule has 0 aliphatic heterocycles. The highest BCUT2D eigenvalue weighted by molar-refractivity contribution is 7.92. The molecule has 30 heavy (non-hydrogen) atoms. The normalized spacial score (nSPS) is 13.6. The molecule has 2 aromatic heterocycles. The van der Waals surface area contributed by atoms with E-state index in [2.05, 4.69) is 4.98 Å². The zero-order valence-corrected chi connectivity index (χ0v) is 17.2. The number of nitrogens with one attached hydrogen (secondary N) is 1. The quantitative estimate of drug-likeness (QED) is 0.431. The molecule has 1 aromatic carbocycles. The van der Waals surface area contributed by atoms with Gasteiger partial charge in [0.15, 0.2) is 21.0 Å². The molecule has 10 heteroatoms. The predicted molar refractivity (Wildman–Crippen MR) is 109 cm³/mol. The van der Waals surface area contributed by atoms with Crippen LogP contribution in [0.15, 0.2) is 64.5 Å². The van der Waals surface area contributed by atoms with Crippen LogP contribution in [-0.2, 0) is 21.2 Å². The monoisotopic (exact) mass is 431 g/mol. The number of carbonyl (C=O) groups excluding carboxylic acids is 1. The first-order valence-electron chi connectivity index (χ1n) is 8.99. The molecule has 0 aliphatic rings. The average molecular weight is 431 g/mol. The summed E-state index contributed by atoms with van der Waals surface area (Å²) in [7, 11) is -3.83. The minimum absolute atomic E-state index is 0.0127. The molecule has 0 saturated heterocycles. The van der Waals surface area contributed by atoms with E-state index in [1.165, 1.54) is 35.7 Å². The number of nitrogens with zero attached hydrogens (tertiary/aromatic N) is 2. The van der Waals surface area contributed by atoms with E-state index in [4.69, 9.17) is 9.62 Å². The minimum Gasteiger partial charge on any atom is -0.451 e. The Labute approximate surface area is 172 Å². The number of rotatable bonds is 7. The summed E-state index contributed by atoms with van der Waals surface area (Å²) in [6.45, 7) is 1.20. The molecule has 0 bridgehead atoms. The topological polar surface area (TPSA) is 132 Å². The Kier molecular flexibility index (Phi) is 5.90. The maximum atomic E-state index is 12.5. The fraction of sp³-hybridized carbons (Fsp3) is 0.250. The van der Waals surface area contributed by atoms with Crippen molar-refractivity contribution in [3.05, 3.63) is 65.6 Å². The van der Waals surface area contributed by atoms with Crippen LogP contribution in [0.4, 0.5) is 0 Å². The number of benzene rings is 1. The van der Waals surface area contributed by atoms with E-state index in [-0.39, 0.29) is 18.5 Å². The van der Waals surface area contributed by atoms with Gasteiger partial charge in [-0.1, -0.05) is 24.3 Å². The maximum Gasteiger partial charge on any atom is 0.264 e. The molecular weight excluding hydrogens is 410 g/mol. The van der Waals surface area contributed by atoms with Gasteiger partial charge in [-0.25, -0.2) is 18.9 Å². The fourth-order valence-electron chi connectivity index (χ4n) is 2.98. The highest BCUT2D eigenvalue weighted by atomic mass is 32.2. The summed E-state index contributed by atoms with van der Waals surface area (Å²) >= 11 is 0. The van der Waals surface area contributed by atoms with Gasteiger partial charge in [-0.05, 0) is 30.5 Å². The first kappa shape index (κ1) is 21.5. The van der Waals surface area contributed by atoms with E-state index in [1.54, 1.807) is 12.3 Å². The number of hydrogen-bond acceptors (Lipinski definition) is 7. The molecule has 0 fully saturated rings. The molecular formula is C20H21N3O6S. The molecule has 2 N–H and O–H groups in total. The number of aromatic nitrogens is 2. The van der Waals surface area contributed by atoms with E-state index < -0.39 is 20.5 Å². The van der Waals surface area contributed by atoms with Crippen molar-refractivity contribution in [1.82, 2.24) is 15.0 Å².